The Hall–Kier alpha value is -0.420. The van der Waals surface area contributed by atoms with Gasteiger partial charge in [-0.05, 0) is 5.56 Å². The van der Waals surface area contributed by atoms with E-state index < -0.39 is 3.79 Å². The summed E-state index contributed by atoms with van der Waals surface area (Å²) in [4.78, 5) is 0. The molecule has 68 valence electrons. The fourth-order valence-electron chi connectivity index (χ4n) is 1.04. The average molecular weight is 235 g/mol. The molecule has 0 aromatic heterocycles. The van der Waals surface area contributed by atoms with Crippen LogP contribution in [0.2, 0.25) is 0 Å². The molecule has 0 fully saturated rings. The Bertz CT molecular complexity index is 335. The molecule has 0 saturated carbocycles. The highest BCUT2D eigenvalue weighted by molar-refractivity contribution is 6.66. The molecule has 1 rings (SSSR count). The normalized spacial score (nSPS) is 10.9. The lowest BCUT2D eigenvalue weighted by Gasteiger charge is -2.14. The zero-order valence-corrected chi connectivity index (χ0v) is 8.87. The van der Waals surface area contributed by atoms with E-state index in [1.165, 1.54) is 0 Å². The first-order valence-electron chi connectivity index (χ1n) is 3.58. The van der Waals surface area contributed by atoms with Crippen LogP contribution in [0.25, 0.3) is 0 Å². The number of rotatable bonds is 1. The summed E-state index contributed by atoms with van der Waals surface area (Å²) >= 11 is 17.2. The van der Waals surface area contributed by atoms with Crippen LogP contribution in [0, 0.1) is 11.3 Å². The molecule has 0 bridgehead atoms. The molecule has 13 heavy (non-hydrogen) atoms. The Morgan fingerprint density at radius 2 is 1.85 bits per heavy atom. The summed E-state index contributed by atoms with van der Waals surface area (Å²) in [5, 5.41) is 8.53. The van der Waals surface area contributed by atoms with E-state index in [0.717, 1.165) is 5.56 Å². The van der Waals surface area contributed by atoms with Gasteiger partial charge in [0.25, 0.3) is 0 Å². The van der Waals surface area contributed by atoms with Crippen LogP contribution >= 0.6 is 34.8 Å². The minimum Gasteiger partial charge on any atom is -0.198 e. The number of hydrogen-bond donors (Lipinski definition) is 0. The van der Waals surface area contributed by atoms with Crippen LogP contribution in [0.4, 0.5) is 0 Å². The maximum Gasteiger partial charge on any atom is 0.216 e. The Morgan fingerprint density at radius 3 is 2.38 bits per heavy atom. The van der Waals surface area contributed by atoms with Gasteiger partial charge >= 0.3 is 0 Å². The van der Waals surface area contributed by atoms with Crippen LogP contribution in [0.1, 0.15) is 11.1 Å². The van der Waals surface area contributed by atoms with Gasteiger partial charge in [-0.3, -0.25) is 0 Å². The molecule has 1 nitrogen and oxygen atoms in total. The molecule has 0 aliphatic carbocycles. The smallest absolute Gasteiger partial charge is 0.198 e. The number of alkyl halides is 3. The van der Waals surface area contributed by atoms with Crippen molar-refractivity contribution >= 4 is 34.8 Å². The third-order valence-corrected chi connectivity index (χ3v) is 2.20. The molecular formula is C9H6Cl3N. The van der Waals surface area contributed by atoms with E-state index in [-0.39, 0.29) is 6.42 Å². The van der Waals surface area contributed by atoms with Gasteiger partial charge in [0.15, 0.2) is 0 Å². The summed E-state index contributed by atoms with van der Waals surface area (Å²) in [5.74, 6) is 0. The quantitative estimate of drug-likeness (QED) is 0.682. The minimum absolute atomic E-state index is 0.254. The molecule has 4 heteroatoms. The molecule has 0 N–H and O–H groups in total. The first kappa shape index (κ1) is 10.7. The van der Waals surface area contributed by atoms with Crippen molar-refractivity contribution in [3.8, 4) is 6.07 Å². The van der Waals surface area contributed by atoms with Crippen molar-refractivity contribution in [1.29, 1.82) is 5.26 Å². The van der Waals surface area contributed by atoms with Gasteiger partial charge in [-0.25, -0.2) is 0 Å². The van der Waals surface area contributed by atoms with E-state index in [2.05, 4.69) is 0 Å². The van der Waals surface area contributed by atoms with Gasteiger partial charge in [0.1, 0.15) is 0 Å². The van der Waals surface area contributed by atoms with E-state index in [1.54, 1.807) is 18.2 Å². The average Bonchev–Trinajstić information content (AvgIpc) is 2.04. The Kier molecular flexibility index (Phi) is 3.44. The lowest BCUT2D eigenvalue weighted by Crippen LogP contribution is -2.04. The molecule has 0 radical (unpaired) electrons. The topological polar surface area (TPSA) is 23.8 Å². The van der Waals surface area contributed by atoms with Gasteiger partial charge in [-0.15, -0.1) is 0 Å². The van der Waals surface area contributed by atoms with E-state index in [4.69, 9.17) is 40.1 Å². The van der Waals surface area contributed by atoms with Gasteiger partial charge in [-0.1, -0.05) is 59.1 Å². The number of halogens is 3. The molecular weight excluding hydrogens is 228 g/mol. The third kappa shape index (κ3) is 2.77. The standard InChI is InChI=1S/C9H6Cl3N/c10-9(11,12)8-4-2-1-3-7(8)5-6-13/h1-4H,5H2. The van der Waals surface area contributed by atoms with E-state index in [1.807, 2.05) is 12.1 Å². The SMILES string of the molecule is N#CCc1ccccc1C(Cl)(Cl)Cl. The van der Waals surface area contributed by atoms with Crippen molar-refractivity contribution in [2.24, 2.45) is 0 Å². The highest BCUT2D eigenvalue weighted by atomic mass is 35.6. The maximum atomic E-state index is 8.53. The van der Waals surface area contributed by atoms with Crippen LogP contribution in [-0.2, 0) is 10.2 Å². The largest absolute Gasteiger partial charge is 0.216 e. The summed E-state index contributed by atoms with van der Waals surface area (Å²) in [6, 6.07) is 9.09. The summed E-state index contributed by atoms with van der Waals surface area (Å²) in [7, 11) is 0. The summed E-state index contributed by atoms with van der Waals surface area (Å²) < 4.78 is -1.45. The second-order valence-electron chi connectivity index (χ2n) is 2.49. The molecule has 0 heterocycles. The predicted molar refractivity (Wildman–Crippen MR) is 55.0 cm³/mol. The van der Waals surface area contributed by atoms with Gasteiger partial charge in [0.05, 0.1) is 12.5 Å². The fourth-order valence-corrected chi connectivity index (χ4v) is 1.59. The van der Waals surface area contributed by atoms with Crippen LogP contribution in [-0.4, -0.2) is 0 Å². The summed E-state index contributed by atoms with van der Waals surface area (Å²) in [5.41, 5.74) is 1.33. The molecule has 0 atom stereocenters. The van der Waals surface area contributed by atoms with Gasteiger partial charge in [0.2, 0.25) is 3.79 Å². The lowest BCUT2D eigenvalue weighted by molar-refractivity contribution is 1.13. The van der Waals surface area contributed by atoms with Gasteiger partial charge in [-0.2, -0.15) is 5.26 Å². The second kappa shape index (κ2) is 4.19. The molecule has 1 aromatic carbocycles. The van der Waals surface area contributed by atoms with Crippen molar-refractivity contribution in [3.05, 3.63) is 35.4 Å². The van der Waals surface area contributed by atoms with E-state index in [9.17, 15) is 0 Å². The zero-order chi connectivity index (χ0) is 9.90. The van der Waals surface area contributed by atoms with E-state index in [0.29, 0.717) is 5.56 Å². The summed E-state index contributed by atoms with van der Waals surface area (Å²) in [6.45, 7) is 0. The molecule has 0 saturated heterocycles. The Balaban J connectivity index is 3.14. The van der Waals surface area contributed by atoms with Crippen LogP contribution in [0.15, 0.2) is 24.3 Å². The van der Waals surface area contributed by atoms with Crippen LogP contribution < -0.4 is 0 Å². The zero-order valence-electron chi connectivity index (χ0n) is 6.60. The number of nitriles is 1. The first-order valence-corrected chi connectivity index (χ1v) is 4.71. The molecule has 0 amide bonds. The highest BCUT2D eigenvalue weighted by Crippen LogP contribution is 2.39. The van der Waals surface area contributed by atoms with Crippen molar-refractivity contribution in [1.82, 2.24) is 0 Å². The molecule has 0 unspecified atom stereocenters. The maximum absolute atomic E-state index is 8.53. The van der Waals surface area contributed by atoms with Crippen molar-refractivity contribution in [3.63, 3.8) is 0 Å². The monoisotopic (exact) mass is 233 g/mol. The van der Waals surface area contributed by atoms with Gasteiger partial charge in [0, 0.05) is 5.56 Å². The second-order valence-corrected chi connectivity index (χ2v) is 4.77. The molecule has 0 aliphatic rings. The number of benzene rings is 1. The predicted octanol–water partition coefficient (Wildman–Crippen LogP) is 3.58. The van der Waals surface area contributed by atoms with Crippen molar-refractivity contribution in [2.45, 2.75) is 10.2 Å². The number of nitrogens with zero attached hydrogens (tertiary/aromatic N) is 1. The van der Waals surface area contributed by atoms with E-state index >= 15 is 0 Å². The van der Waals surface area contributed by atoms with Crippen LogP contribution in [0.3, 0.4) is 0 Å². The van der Waals surface area contributed by atoms with Crippen LogP contribution in [0.5, 0.6) is 0 Å². The lowest BCUT2D eigenvalue weighted by atomic mass is 10.1. The number of hydrogen-bond acceptors (Lipinski definition) is 1. The summed E-state index contributed by atoms with van der Waals surface area (Å²) in [6.07, 6.45) is 0.254. The Morgan fingerprint density at radius 1 is 1.23 bits per heavy atom. The van der Waals surface area contributed by atoms with Gasteiger partial charge < -0.3 is 0 Å². The van der Waals surface area contributed by atoms with Crippen molar-refractivity contribution in [2.75, 3.05) is 0 Å². The first-order chi connectivity index (χ1) is 6.05. The fraction of sp³-hybridized carbons (Fsp3) is 0.222. The minimum atomic E-state index is -1.45. The third-order valence-electron chi connectivity index (χ3n) is 1.59. The molecule has 1 aromatic rings. The molecule has 0 aliphatic heterocycles. The Labute approximate surface area is 91.8 Å². The highest BCUT2D eigenvalue weighted by Gasteiger charge is 2.25. The van der Waals surface area contributed by atoms with Crippen molar-refractivity contribution < 1.29 is 0 Å². The molecule has 0 spiro atoms.